The third kappa shape index (κ3) is 6.61. The van der Waals surface area contributed by atoms with Crippen molar-refractivity contribution in [2.75, 3.05) is 14.2 Å². The van der Waals surface area contributed by atoms with Crippen molar-refractivity contribution in [1.29, 1.82) is 0 Å². The van der Waals surface area contributed by atoms with Crippen LogP contribution in [0.5, 0.6) is 11.5 Å². The van der Waals surface area contributed by atoms with Gasteiger partial charge in [-0.05, 0) is 63.1 Å². The van der Waals surface area contributed by atoms with E-state index in [0.29, 0.717) is 16.6 Å². The third-order valence-electron chi connectivity index (χ3n) is 11.7. The van der Waals surface area contributed by atoms with E-state index in [4.69, 9.17) is 13.9 Å². The second-order valence-corrected chi connectivity index (χ2v) is 30.6. The van der Waals surface area contributed by atoms with Gasteiger partial charge >= 0.3 is 0 Å². The van der Waals surface area contributed by atoms with Crippen LogP contribution in [-0.2, 0) is 14.7 Å². The molecule has 0 radical (unpaired) electrons. The molecule has 4 atom stereocenters. The number of hydrogen-bond donors (Lipinski definition) is 0. The van der Waals surface area contributed by atoms with Gasteiger partial charge < -0.3 is 13.9 Å². The summed E-state index contributed by atoms with van der Waals surface area (Å²) in [5.74, 6) is 3.02. The SMILES string of the molecule is COc1ccc(C2=C[C@]3(c4ccccc4)P(S2)C(=C(O[Si](C(C)C)(C(C)C)C(C)C)C(C)(C)C)P2SC(c4ccc(OC)cc4)=C[C@]23c2ccccc2)cc1. The molecule has 288 valence electrons. The smallest absolute Gasteiger partial charge is 0.258 e. The molecule has 1 fully saturated rings. The van der Waals surface area contributed by atoms with Gasteiger partial charge in [0.05, 0.1) is 30.3 Å². The first-order valence-electron chi connectivity index (χ1n) is 19.5. The normalized spacial score (nSPS) is 23.5. The molecule has 0 N–H and O–H groups in total. The van der Waals surface area contributed by atoms with Gasteiger partial charge in [-0.3, -0.25) is 0 Å². The summed E-state index contributed by atoms with van der Waals surface area (Å²) in [6.07, 6.45) is 5.39. The molecule has 7 rings (SSSR count). The zero-order valence-corrected chi connectivity index (χ0v) is 38.6. The van der Waals surface area contributed by atoms with Crippen molar-refractivity contribution in [3.05, 3.63) is 154 Å². The maximum absolute atomic E-state index is 8.14. The van der Waals surface area contributed by atoms with Gasteiger partial charge in [-0.2, -0.15) is 0 Å². The monoisotopic (exact) mass is 822 g/mol. The van der Waals surface area contributed by atoms with Crippen LogP contribution < -0.4 is 9.47 Å². The lowest BCUT2D eigenvalue weighted by Crippen LogP contribution is -2.48. The van der Waals surface area contributed by atoms with Gasteiger partial charge in [0.15, 0.2) is 0 Å². The van der Waals surface area contributed by atoms with E-state index in [1.54, 1.807) is 19.3 Å². The summed E-state index contributed by atoms with van der Waals surface area (Å²) in [7, 11) is -0.665. The average molecular weight is 823 g/mol. The zero-order chi connectivity index (χ0) is 39.3. The molecule has 0 saturated carbocycles. The van der Waals surface area contributed by atoms with Crippen molar-refractivity contribution in [2.24, 2.45) is 5.41 Å². The Morgan fingerprint density at radius 3 is 1.24 bits per heavy atom. The first kappa shape index (κ1) is 40.5. The van der Waals surface area contributed by atoms with E-state index in [0.717, 1.165) is 11.5 Å². The minimum atomic E-state index is -2.36. The summed E-state index contributed by atoms with van der Waals surface area (Å²) < 4.78 is 19.4. The van der Waals surface area contributed by atoms with Crippen LogP contribution in [0.3, 0.4) is 0 Å². The number of allylic oxidation sites excluding steroid dienone is 3. The highest BCUT2D eigenvalue weighted by atomic mass is 32.7. The Hall–Kier alpha value is -2.72. The van der Waals surface area contributed by atoms with E-state index in [1.165, 1.54) is 37.8 Å². The van der Waals surface area contributed by atoms with E-state index in [-0.39, 0.29) is 15.7 Å². The van der Waals surface area contributed by atoms with Crippen LogP contribution in [0.4, 0.5) is 0 Å². The Kier molecular flexibility index (Phi) is 11.4. The second-order valence-electron chi connectivity index (χ2n) is 16.8. The molecule has 0 bridgehead atoms. The molecule has 0 amide bonds. The summed E-state index contributed by atoms with van der Waals surface area (Å²) in [5, 5.41) is 0.897. The third-order valence-corrected chi connectivity index (χ3v) is 30.4. The number of methoxy groups -OCH3 is 2. The molecule has 55 heavy (non-hydrogen) atoms. The molecular formula is C47H56O3P2S2Si. The summed E-state index contributed by atoms with van der Waals surface area (Å²) in [4.78, 5) is 2.68. The van der Waals surface area contributed by atoms with Crippen LogP contribution in [0.25, 0.3) is 9.81 Å². The number of fused-ring (bicyclic) bond motifs is 3. The van der Waals surface area contributed by atoms with Gasteiger partial charge in [0.25, 0.3) is 8.32 Å². The predicted octanol–water partition coefficient (Wildman–Crippen LogP) is 15.6. The molecule has 4 aromatic rings. The van der Waals surface area contributed by atoms with Crippen molar-refractivity contribution in [3.8, 4) is 11.5 Å². The van der Waals surface area contributed by atoms with Gasteiger partial charge in [0, 0.05) is 34.5 Å². The number of rotatable bonds is 11. The summed E-state index contributed by atoms with van der Waals surface area (Å²) >= 11 is 4.23. The highest BCUT2D eigenvalue weighted by Crippen LogP contribution is 3.03. The number of hydrogen-bond acceptors (Lipinski definition) is 5. The van der Waals surface area contributed by atoms with Crippen LogP contribution in [0.15, 0.2) is 132 Å². The molecule has 3 aliphatic heterocycles. The average Bonchev–Trinajstić information content (AvgIpc) is 3.83. The van der Waals surface area contributed by atoms with E-state index < -0.39 is 22.6 Å². The molecule has 0 aliphatic carbocycles. The van der Waals surface area contributed by atoms with Crippen molar-refractivity contribution in [1.82, 2.24) is 0 Å². The fourth-order valence-corrected chi connectivity index (χ4v) is 32.0. The van der Waals surface area contributed by atoms with E-state index in [1.807, 2.05) is 0 Å². The molecule has 0 aromatic heterocycles. The fourth-order valence-electron chi connectivity index (χ4n) is 9.18. The van der Waals surface area contributed by atoms with E-state index >= 15 is 0 Å². The topological polar surface area (TPSA) is 27.7 Å². The first-order chi connectivity index (χ1) is 26.2. The van der Waals surface area contributed by atoms with Crippen molar-refractivity contribution >= 4 is 55.1 Å². The van der Waals surface area contributed by atoms with Crippen LogP contribution in [-0.4, -0.2) is 22.5 Å². The highest BCUT2D eigenvalue weighted by molar-refractivity contribution is 8.70. The minimum absolute atomic E-state index is 0.209. The molecule has 8 heteroatoms. The van der Waals surface area contributed by atoms with Crippen LogP contribution in [0, 0.1) is 5.41 Å². The maximum atomic E-state index is 8.14. The van der Waals surface area contributed by atoms with Crippen LogP contribution in [0.1, 0.15) is 84.6 Å². The van der Waals surface area contributed by atoms with E-state index in [9.17, 15) is 0 Å². The zero-order valence-electron chi connectivity index (χ0n) is 34.2. The Labute approximate surface area is 341 Å². The van der Waals surface area contributed by atoms with Gasteiger partial charge in [-0.1, -0.05) is 182 Å². The van der Waals surface area contributed by atoms with Crippen molar-refractivity contribution in [2.45, 2.75) is 89.2 Å². The molecule has 0 spiro atoms. The Morgan fingerprint density at radius 2 is 0.927 bits per heavy atom. The van der Waals surface area contributed by atoms with Gasteiger partial charge in [0.1, 0.15) is 11.5 Å². The standard InChI is InChI=1S/C47H56O3P2S2Si/c1-32(2)55(33(3)4,34(5)6)50-43(45(7,8)9)44-51-46(37-18-14-12-15-19-37,30-41(53-51)35-22-26-39(48-10)27-23-35)47(38-20-16-13-17-21-38)31-42(54-52(44)47)36-24-28-40(49-11)29-25-36/h12-34H,1-11H3/t46-,47-,51?,52?/m1/s1. The molecular weight excluding hydrogens is 767 g/mol. The molecule has 3 aliphatic rings. The molecule has 3 heterocycles. The lowest BCUT2D eigenvalue weighted by Gasteiger charge is -2.46. The van der Waals surface area contributed by atoms with Crippen LogP contribution >= 0.6 is 37.0 Å². The second kappa shape index (κ2) is 15.6. The largest absolute Gasteiger partial charge is 0.545 e. The summed E-state index contributed by atoms with van der Waals surface area (Å²) in [6, 6.07) is 40.3. The predicted molar refractivity (Wildman–Crippen MR) is 246 cm³/mol. The molecule has 4 aromatic carbocycles. The van der Waals surface area contributed by atoms with E-state index in [2.05, 4.69) is 206 Å². The fraction of sp³-hybridized carbons (Fsp3) is 0.362. The Morgan fingerprint density at radius 1 is 0.564 bits per heavy atom. The quantitative estimate of drug-likeness (QED) is 0.0853. The lowest BCUT2D eigenvalue weighted by molar-refractivity contribution is 0.267. The van der Waals surface area contributed by atoms with Crippen molar-refractivity contribution in [3.63, 3.8) is 0 Å². The van der Waals surface area contributed by atoms with Gasteiger partial charge in [-0.25, -0.2) is 0 Å². The molecule has 1 saturated heterocycles. The Balaban J connectivity index is 1.63. The molecule has 3 nitrogen and oxygen atoms in total. The minimum Gasteiger partial charge on any atom is -0.545 e. The Bertz CT molecular complexity index is 1950. The highest BCUT2D eigenvalue weighted by Gasteiger charge is 2.73. The summed E-state index contributed by atoms with van der Waals surface area (Å²) in [6.45, 7) is 21.8. The number of benzene rings is 4. The number of ether oxygens (including phenoxy) is 2. The molecule has 2 unspecified atom stereocenters. The maximum Gasteiger partial charge on any atom is 0.258 e. The first-order valence-corrected chi connectivity index (χ1v) is 27.2. The lowest BCUT2D eigenvalue weighted by atomic mass is 9.78. The van der Waals surface area contributed by atoms with Crippen molar-refractivity contribution < 1.29 is 13.9 Å². The van der Waals surface area contributed by atoms with Gasteiger partial charge in [0.2, 0.25) is 0 Å². The van der Waals surface area contributed by atoms with Crippen LogP contribution in [0.2, 0.25) is 16.6 Å². The van der Waals surface area contributed by atoms with Gasteiger partial charge in [-0.15, -0.1) is 0 Å². The summed E-state index contributed by atoms with van der Waals surface area (Å²) in [5.41, 5.74) is 6.40.